The highest BCUT2D eigenvalue weighted by Crippen LogP contribution is 2.16. The highest BCUT2D eigenvalue weighted by atomic mass is 19.1. The molecule has 128 valence electrons. The molecule has 6 nitrogen and oxygen atoms in total. The lowest BCUT2D eigenvalue weighted by Crippen LogP contribution is -2.50. The van der Waals surface area contributed by atoms with Gasteiger partial charge in [0.2, 0.25) is 5.91 Å². The molecule has 1 aromatic rings. The number of halogens is 1. The van der Waals surface area contributed by atoms with Gasteiger partial charge in [-0.05, 0) is 25.5 Å². The molecule has 0 saturated heterocycles. The maximum Gasteiger partial charge on any atom is 0.305 e. The molecule has 2 N–H and O–H groups in total. The SMILES string of the molecule is COC[C@@](C)(CC(=O)O)NC(=O)CCCOc1ccccc1F. The largest absolute Gasteiger partial charge is 0.491 e. The zero-order valence-corrected chi connectivity index (χ0v) is 13.3. The fourth-order valence-corrected chi connectivity index (χ4v) is 2.16. The van der Waals surface area contributed by atoms with Crippen molar-refractivity contribution in [2.75, 3.05) is 20.3 Å². The number of carbonyl (C=O) groups excluding carboxylic acids is 1. The Labute approximate surface area is 134 Å². The highest BCUT2D eigenvalue weighted by molar-refractivity contribution is 5.78. The van der Waals surface area contributed by atoms with Crippen LogP contribution in [0.3, 0.4) is 0 Å². The van der Waals surface area contributed by atoms with Crippen molar-refractivity contribution >= 4 is 11.9 Å². The zero-order chi connectivity index (χ0) is 17.3. The van der Waals surface area contributed by atoms with Crippen LogP contribution in [0.4, 0.5) is 4.39 Å². The molecule has 0 bridgehead atoms. The second kappa shape index (κ2) is 9.09. The van der Waals surface area contributed by atoms with E-state index in [1.54, 1.807) is 19.1 Å². The third-order valence-corrected chi connectivity index (χ3v) is 3.09. The Morgan fingerprint density at radius 2 is 2.04 bits per heavy atom. The van der Waals surface area contributed by atoms with Crippen molar-refractivity contribution in [2.24, 2.45) is 0 Å². The van der Waals surface area contributed by atoms with E-state index >= 15 is 0 Å². The van der Waals surface area contributed by atoms with Crippen molar-refractivity contribution in [2.45, 2.75) is 31.7 Å². The standard InChI is InChI=1S/C16H22FNO5/c1-16(11-22-2,10-15(20)21)18-14(19)8-5-9-23-13-7-4-3-6-12(13)17/h3-4,6-7H,5,8-11H2,1-2H3,(H,18,19)(H,20,21)/t16-/m1/s1. The van der Waals surface area contributed by atoms with Crippen LogP contribution in [0, 0.1) is 5.82 Å². The summed E-state index contributed by atoms with van der Waals surface area (Å²) in [5.74, 6) is -1.63. The van der Waals surface area contributed by atoms with E-state index < -0.39 is 17.3 Å². The molecule has 0 saturated carbocycles. The number of rotatable bonds is 10. The van der Waals surface area contributed by atoms with Crippen LogP contribution in [0.5, 0.6) is 5.75 Å². The number of carboxylic acids is 1. The smallest absolute Gasteiger partial charge is 0.305 e. The highest BCUT2D eigenvalue weighted by Gasteiger charge is 2.29. The lowest BCUT2D eigenvalue weighted by molar-refractivity contribution is -0.139. The van der Waals surface area contributed by atoms with Crippen LogP contribution in [0.1, 0.15) is 26.2 Å². The molecule has 0 aliphatic carbocycles. The Hall–Kier alpha value is -2.15. The predicted molar refractivity (Wildman–Crippen MR) is 81.8 cm³/mol. The molecule has 0 aromatic heterocycles. The molecule has 0 aliphatic rings. The second-order valence-corrected chi connectivity index (χ2v) is 5.49. The molecule has 0 unspecified atom stereocenters. The van der Waals surface area contributed by atoms with E-state index in [-0.39, 0.29) is 37.7 Å². The number of benzene rings is 1. The molecular formula is C16H22FNO5. The predicted octanol–water partition coefficient (Wildman–Crippen LogP) is 1.98. The van der Waals surface area contributed by atoms with E-state index in [9.17, 15) is 14.0 Å². The number of amides is 1. The van der Waals surface area contributed by atoms with Crippen LogP contribution in [0.15, 0.2) is 24.3 Å². The van der Waals surface area contributed by atoms with E-state index in [4.69, 9.17) is 14.6 Å². The van der Waals surface area contributed by atoms with Gasteiger partial charge in [-0.3, -0.25) is 9.59 Å². The van der Waals surface area contributed by atoms with Crippen LogP contribution < -0.4 is 10.1 Å². The van der Waals surface area contributed by atoms with Crippen molar-refractivity contribution in [3.63, 3.8) is 0 Å². The Kier molecular flexibility index (Phi) is 7.47. The summed E-state index contributed by atoms with van der Waals surface area (Å²) < 4.78 is 23.5. The molecule has 1 rings (SSSR count). The molecule has 0 fully saturated rings. The van der Waals surface area contributed by atoms with E-state index in [1.165, 1.54) is 19.2 Å². The fraction of sp³-hybridized carbons (Fsp3) is 0.500. The number of carboxylic acid groups (broad SMARTS) is 1. The van der Waals surface area contributed by atoms with Crippen molar-refractivity contribution in [1.29, 1.82) is 0 Å². The summed E-state index contributed by atoms with van der Waals surface area (Å²) in [6.45, 7) is 1.89. The number of nitrogens with one attached hydrogen (secondary N) is 1. The van der Waals surface area contributed by atoms with E-state index in [1.807, 2.05) is 0 Å². The summed E-state index contributed by atoms with van der Waals surface area (Å²) in [7, 11) is 1.44. The van der Waals surface area contributed by atoms with Gasteiger partial charge in [-0.1, -0.05) is 12.1 Å². The summed E-state index contributed by atoms with van der Waals surface area (Å²) in [5.41, 5.74) is -0.968. The third kappa shape index (κ3) is 7.10. The Bertz CT molecular complexity index is 537. The molecule has 1 amide bonds. The molecule has 23 heavy (non-hydrogen) atoms. The van der Waals surface area contributed by atoms with E-state index in [0.29, 0.717) is 6.42 Å². The first-order chi connectivity index (χ1) is 10.9. The molecule has 0 aliphatic heterocycles. The summed E-state index contributed by atoms with van der Waals surface area (Å²) in [5, 5.41) is 11.6. The third-order valence-electron chi connectivity index (χ3n) is 3.09. The Balaban J connectivity index is 2.38. The van der Waals surface area contributed by atoms with Gasteiger partial charge in [0, 0.05) is 13.5 Å². The topological polar surface area (TPSA) is 84.9 Å². The number of methoxy groups -OCH3 is 1. The average Bonchev–Trinajstić information content (AvgIpc) is 2.44. The number of para-hydroxylation sites is 1. The number of hydrogen-bond donors (Lipinski definition) is 2. The molecule has 0 radical (unpaired) electrons. The monoisotopic (exact) mass is 327 g/mol. The maximum atomic E-state index is 13.3. The van der Waals surface area contributed by atoms with Gasteiger partial charge in [-0.15, -0.1) is 0 Å². The number of ether oxygens (including phenoxy) is 2. The molecule has 0 spiro atoms. The van der Waals surface area contributed by atoms with Gasteiger partial charge >= 0.3 is 5.97 Å². The summed E-state index contributed by atoms with van der Waals surface area (Å²) >= 11 is 0. The Morgan fingerprint density at radius 1 is 1.35 bits per heavy atom. The maximum absolute atomic E-state index is 13.3. The molecule has 7 heteroatoms. The fourth-order valence-electron chi connectivity index (χ4n) is 2.16. The van der Waals surface area contributed by atoms with Crippen molar-refractivity contribution < 1.29 is 28.6 Å². The molecular weight excluding hydrogens is 305 g/mol. The minimum absolute atomic E-state index is 0.0940. The van der Waals surface area contributed by atoms with Gasteiger partial charge in [-0.2, -0.15) is 0 Å². The summed E-state index contributed by atoms with van der Waals surface area (Å²) in [4.78, 5) is 22.8. The number of aliphatic carboxylic acids is 1. The summed E-state index contributed by atoms with van der Waals surface area (Å²) in [6.07, 6.45) is 0.294. The summed E-state index contributed by atoms with van der Waals surface area (Å²) in [6, 6.07) is 6.03. The number of hydrogen-bond acceptors (Lipinski definition) is 4. The van der Waals surface area contributed by atoms with Gasteiger partial charge < -0.3 is 19.9 Å². The Morgan fingerprint density at radius 3 is 2.65 bits per heavy atom. The van der Waals surface area contributed by atoms with Gasteiger partial charge in [0.15, 0.2) is 11.6 Å². The van der Waals surface area contributed by atoms with Crippen LogP contribution in [-0.4, -0.2) is 42.8 Å². The van der Waals surface area contributed by atoms with E-state index in [2.05, 4.69) is 5.32 Å². The first-order valence-electron chi connectivity index (χ1n) is 7.25. The average molecular weight is 327 g/mol. The molecule has 1 atom stereocenters. The zero-order valence-electron chi connectivity index (χ0n) is 13.3. The first kappa shape index (κ1) is 18.9. The van der Waals surface area contributed by atoms with Crippen LogP contribution in [0.2, 0.25) is 0 Å². The van der Waals surface area contributed by atoms with Crippen molar-refractivity contribution in [1.82, 2.24) is 5.32 Å². The second-order valence-electron chi connectivity index (χ2n) is 5.49. The molecule has 0 heterocycles. The van der Waals surface area contributed by atoms with Crippen LogP contribution in [0.25, 0.3) is 0 Å². The molecule has 1 aromatic carbocycles. The van der Waals surface area contributed by atoms with E-state index in [0.717, 1.165) is 0 Å². The van der Waals surface area contributed by atoms with Crippen molar-refractivity contribution in [3.05, 3.63) is 30.1 Å². The van der Waals surface area contributed by atoms with Crippen LogP contribution in [-0.2, 0) is 14.3 Å². The van der Waals surface area contributed by atoms with Gasteiger partial charge in [-0.25, -0.2) is 4.39 Å². The van der Waals surface area contributed by atoms with Crippen LogP contribution >= 0.6 is 0 Å². The number of carbonyl (C=O) groups is 2. The quantitative estimate of drug-likeness (QED) is 0.642. The van der Waals surface area contributed by atoms with Crippen molar-refractivity contribution in [3.8, 4) is 5.75 Å². The normalized spacial score (nSPS) is 13.2. The van der Waals surface area contributed by atoms with Gasteiger partial charge in [0.25, 0.3) is 0 Å². The lowest BCUT2D eigenvalue weighted by atomic mass is 9.98. The first-order valence-corrected chi connectivity index (χ1v) is 7.25. The lowest BCUT2D eigenvalue weighted by Gasteiger charge is -2.28. The minimum Gasteiger partial charge on any atom is -0.491 e. The minimum atomic E-state index is -1.02. The van der Waals surface area contributed by atoms with Gasteiger partial charge in [0.1, 0.15) is 0 Å². The van der Waals surface area contributed by atoms with Gasteiger partial charge in [0.05, 0.1) is 25.2 Å².